The van der Waals surface area contributed by atoms with E-state index in [-0.39, 0.29) is 0 Å². The van der Waals surface area contributed by atoms with Crippen LogP contribution in [-0.2, 0) is 6.42 Å². The number of methoxy groups -OCH3 is 1. The van der Waals surface area contributed by atoms with Crippen molar-refractivity contribution in [3.63, 3.8) is 0 Å². The molecule has 0 saturated heterocycles. The molecule has 96 valence electrons. The van der Waals surface area contributed by atoms with E-state index in [1.807, 2.05) is 24.3 Å². The molecular weight excluding hydrogens is 228 g/mol. The van der Waals surface area contributed by atoms with Crippen molar-refractivity contribution in [2.75, 3.05) is 20.2 Å². The highest BCUT2D eigenvalue weighted by Gasteiger charge is 2.06. The fraction of sp³-hybridized carbons (Fsp3) is 0.357. The smallest absolute Gasteiger partial charge is 0.196 e. The van der Waals surface area contributed by atoms with E-state index >= 15 is 0 Å². The molecule has 2 aromatic rings. The van der Waals surface area contributed by atoms with E-state index in [0.717, 1.165) is 42.5 Å². The van der Waals surface area contributed by atoms with Crippen LogP contribution < -0.4 is 10.1 Å². The summed E-state index contributed by atoms with van der Waals surface area (Å²) in [5.41, 5.74) is 1.01. The second-order valence-electron chi connectivity index (χ2n) is 3.95. The van der Waals surface area contributed by atoms with Crippen molar-refractivity contribution in [1.29, 1.82) is 0 Å². The Morgan fingerprint density at radius 2 is 2.06 bits per heavy atom. The van der Waals surface area contributed by atoms with Gasteiger partial charge in [0, 0.05) is 18.5 Å². The molecule has 18 heavy (non-hydrogen) atoms. The summed E-state index contributed by atoms with van der Waals surface area (Å²) in [5, 5.41) is 3.24. The van der Waals surface area contributed by atoms with Crippen LogP contribution >= 0.6 is 0 Å². The molecule has 1 N–H and O–H groups in total. The van der Waals surface area contributed by atoms with Crippen LogP contribution in [0.25, 0.3) is 11.3 Å². The van der Waals surface area contributed by atoms with E-state index in [0.29, 0.717) is 0 Å². The Hall–Kier alpha value is -1.81. The van der Waals surface area contributed by atoms with Crippen LogP contribution in [-0.4, -0.2) is 25.2 Å². The van der Waals surface area contributed by atoms with Gasteiger partial charge in [0.2, 0.25) is 0 Å². The van der Waals surface area contributed by atoms with Crippen molar-refractivity contribution in [3.05, 3.63) is 36.4 Å². The van der Waals surface area contributed by atoms with Gasteiger partial charge >= 0.3 is 0 Å². The molecule has 1 aromatic heterocycles. The third kappa shape index (κ3) is 3.11. The second-order valence-corrected chi connectivity index (χ2v) is 3.95. The van der Waals surface area contributed by atoms with Gasteiger partial charge in [-0.2, -0.15) is 0 Å². The Kier molecular flexibility index (Phi) is 4.36. The Bertz CT molecular complexity index is 477. The van der Waals surface area contributed by atoms with Crippen molar-refractivity contribution >= 4 is 0 Å². The Labute approximate surface area is 107 Å². The number of oxazole rings is 1. The average Bonchev–Trinajstić information content (AvgIpc) is 2.88. The number of hydrogen-bond acceptors (Lipinski definition) is 4. The zero-order valence-electron chi connectivity index (χ0n) is 10.8. The first kappa shape index (κ1) is 12.6. The minimum absolute atomic E-state index is 0.766. The van der Waals surface area contributed by atoms with Gasteiger partial charge in [-0.05, 0) is 30.8 Å². The van der Waals surface area contributed by atoms with Gasteiger partial charge in [-0.3, -0.25) is 0 Å². The third-order valence-corrected chi connectivity index (χ3v) is 2.69. The second kappa shape index (κ2) is 6.21. The van der Waals surface area contributed by atoms with Gasteiger partial charge in [0.25, 0.3) is 0 Å². The largest absolute Gasteiger partial charge is 0.497 e. The van der Waals surface area contributed by atoms with Crippen molar-refractivity contribution in [1.82, 2.24) is 10.3 Å². The molecule has 0 aliphatic carbocycles. The first-order valence-corrected chi connectivity index (χ1v) is 6.13. The van der Waals surface area contributed by atoms with Crippen molar-refractivity contribution in [3.8, 4) is 17.1 Å². The summed E-state index contributed by atoms with van der Waals surface area (Å²) in [7, 11) is 1.66. The SMILES string of the molecule is CCNCCc1ncc(-c2ccc(OC)cc2)o1. The molecular formula is C14H18N2O2. The van der Waals surface area contributed by atoms with Crippen LogP contribution in [0.3, 0.4) is 0 Å². The van der Waals surface area contributed by atoms with Crippen LogP contribution in [0.5, 0.6) is 5.75 Å². The van der Waals surface area contributed by atoms with Gasteiger partial charge in [-0.25, -0.2) is 4.98 Å². The van der Waals surface area contributed by atoms with Crippen LogP contribution in [0.15, 0.2) is 34.9 Å². The number of nitrogens with zero attached hydrogens (tertiary/aromatic N) is 1. The summed E-state index contributed by atoms with van der Waals surface area (Å²) in [6.07, 6.45) is 2.58. The topological polar surface area (TPSA) is 47.3 Å². The van der Waals surface area contributed by atoms with E-state index in [1.165, 1.54) is 0 Å². The van der Waals surface area contributed by atoms with Gasteiger partial charge in [0.1, 0.15) is 5.75 Å². The van der Waals surface area contributed by atoms with E-state index in [4.69, 9.17) is 9.15 Å². The molecule has 0 amide bonds. The Balaban J connectivity index is 2.04. The minimum Gasteiger partial charge on any atom is -0.497 e. The lowest BCUT2D eigenvalue weighted by Crippen LogP contribution is -2.16. The van der Waals surface area contributed by atoms with Crippen molar-refractivity contribution in [2.24, 2.45) is 0 Å². The molecule has 0 unspecified atom stereocenters. The highest BCUT2D eigenvalue weighted by atomic mass is 16.5. The lowest BCUT2D eigenvalue weighted by Gasteiger charge is -2.00. The van der Waals surface area contributed by atoms with Crippen molar-refractivity contribution in [2.45, 2.75) is 13.3 Å². The lowest BCUT2D eigenvalue weighted by atomic mass is 10.2. The number of aromatic nitrogens is 1. The van der Waals surface area contributed by atoms with Gasteiger partial charge in [-0.15, -0.1) is 0 Å². The van der Waals surface area contributed by atoms with Crippen LogP contribution in [0, 0.1) is 0 Å². The monoisotopic (exact) mass is 246 g/mol. The van der Waals surface area contributed by atoms with Gasteiger partial charge in [0.05, 0.1) is 13.3 Å². The number of hydrogen-bond donors (Lipinski definition) is 1. The summed E-state index contributed by atoms with van der Waals surface area (Å²) in [4.78, 5) is 4.27. The van der Waals surface area contributed by atoms with Crippen LogP contribution in [0.1, 0.15) is 12.8 Å². The molecule has 0 saturated carbocycles. The lowest BCUT2D eigenvalue weighted by molar-refractivity contribution is 0.415. The van der Waals surface area contributed by atoms with E-state index < -0.39 is 0 Å². The fourth-order valence-electron chi connectivity index (χ4n) is 1.69. The molecule has 0 radical (unpaired) electrons. The Morgan fingerprint density at radius 1 is 1.28 bits per heavy atom. The molecule has 0 fully saturated rings. The molecule has 0 bridgehead atoms. The van der Waals surface area contributed by atoms with Crippen LogP contribution in [0.2, 0.25) is 0 Å². The molecule has 2 rings (SSSR count). The predicted octanol–water partition coefficient (Wildman–Crippen LogP) is 2.50. The third-order valence-electron chi connectivity index (χ3n) is 2.69. The zero-order valence-corrected chi connectivity index (χ0v) is 10.8. The summed E-state index contributed by atoms with van der Waals surface area (Å²) in [5.74, 6) is 2.40. The number of likely N-dealkylation sites (N-methyl/N-ethyl adjacent to an activating group) is 1. The zero-order chi connectivity index (χ0) is 12.8. The van der Waals surface area contributed by atoms with E-state index in [1.54, 1.807) is 13.3 Å². The number of rotatable bonds is 6. The van der Waals surface area contributed by atoms with Gasteiger partial charge in [-0.1, -0.05) is 6.92 Å². The van der Waals surface area contributed by atoms with Gasteiger partial charge in [0.15, 0.2) is 11.7 Å². The minimum atomic E-state index is 0.766. The number of benzene rings is 1. The summed E-state index contributed by atoms with van der Waals surface area (Å²) in [6, 6.07) is 7.76. The van der Waals surface area contributed by atoms with Crippen LogP contribution in [0.4, 0.5) is 0 Å². The maximum Gasteiger partial charge on any atom is 0.196 e. The molecule has 1 heterocycles. The summed E-state index contributed by atoms with van der Waals surface area (Å²) in [6.45, 7) is 3.93. The maximum atomic E-state index is 5.70. The predicted molar refractivity (Wildman–Crippen MR) is 70.7 cm³/mol. The quantitative estimate of drug-likeness (QED) is 0.795. The first-order valence-electron chi connectivity index (χ1n) is 6.13. The summed E-state index contributed by atoms with van der Waals surface area (Å²) >= 11 is 0. The molecule has 0 spiro atoms. The number of ether oxygens (including phenoxy) is 1. The standard InChI is InChI=1S/C14H18N2O2/c1-3-15-9-8-14-16-10-13(18-14)11-4-6-12(17-2)7-5-11/h4-7,10,15H,3,8-9H2,1-2H3. The summed E-state index contributed by atoms with van der Waals surface area (Å²) < 4.78 is 10.8. The fourth-order valence-corrected chi connectivity index (χ4v) is 1.69. The first-order chi connectivity index (χ1) is 8.83. The van der Waals surface area contributed by atoms with Gasteiger partial charge < -0.3 is 14.5 Å². The number of nitrogens with one attached hydrogen (secondary N) is 1. The highest BCUT2D eigenvalue weighted by molar-refractivity contribution is 5.57. The molecule has 0 atom stereocenters. The Morgan fingerprint density at radius 3 is 2.72 bits per heavy atom. The van der Waals surface area contributed by atoms with Crippen molar-refractivity contribution < 1.29 is 9.15 Å². The van der Waals surface area contributed by atoms with E-state index in [2.05, 4.69) is 17.2 Å². The molecule has 0 aliphatic heterocycles. The normalized spacial score (nSPS) is 10.6. The maximum absolute atomic E-state index is 5.70. The molecule has 0 aliphatic rings. The molecule has 4 nitrogen and oxygen atoms in total. The molecule has 1 aromatic carbocycles. The highest BCUT2D eigenvalue weighted by Crippen LogP contribution is 2.23. The average molecular weight is 246 g/mol. The van der Waals surface area contributed by atoms with E-state index in [9.17, 15) is 0 Å². The molecule has 4 heteroatoms.